The van der Waals surface area contributed by atoms with E-state index in [2.05, 4.69) is 44.3 Å². The van der Waals surface area contributed by atoms with Gasteiger partial charge in [0.2, 0.25) is 5.78 Å². The van der Waals surface area contributed by atoms with Crippen molar-refractivity contribution in [3.63, 3.8) is 0 Å². The zero-order valence-electron chi connectivity index (χ0n) is 14.9. The number of halogens is 1. The third-order valence-corrected chi connectivity index (χ3v) is 4.49. The number of hydrogen-bond acceptors (Lipinski definition) is 7. The number of Topliss-reactive ketones (excluding diaryl/α,β-unsaturated/α-hetero) is 1. The predicted octanol–water partition coefficient (Wildman–Crippen LogP) is 2.83. The number of aromatic nitrogens is 2. The van der Waals surface area contributed by atoms with Crippen LogP contribution in [0.5, 0.6) is 6.01 Å². The summed E-state index contributed by atoms with van der Waals surface area (Å²) >= 11 is 0. The molecular weight excluding hydrogens is 368 g/mol. The van der Waals surface area contributed by atoms with Crippen molar-refractivity contribution in [2.45, 2.75) is 19.4 Å². The molecule has 0 atom stereocenters. The molecule has 0 bridgehead atoms. The summed E-state index contributed by atoms with van der Waals surface area (Å²) in [7, 11) is 0. The molecule has 7 nitrogen and oxygen atoms in total. The molecule has 1 aromatic carbocycles. The molecule has 2 aromatic rings. The van der Waals surface area contributed by atoms with Gasteiger partial charge in [-0.15, -0.1) is 12.4 Å². The molecule has 27 heavy (non-hydrogen) atoms. The Bertz CT molecular complexity index is 732. The number of rotatable bonds is 7. The topological polar surface area (TPSA) is 87.9 Å². The number of oxime groups is 1. The average Bonchev–Trinajstić information content (AvgIpc) is 2.69. The SMILES string of the molecule is Cl.O=C(/C=N/O)c1cnc(OCC2CCN(Cc3ccccc3)CC2)nc1. The molecule has 0 amide bonds. The molecule has 1 fully saturated rings. The average molecular weight is 391 g/mol. The molecule has 1 aromatic heterocycles. The minimum absolute atomic E-state index is 0. The predicted molar refractivity (Wildman–Crippen MR) is 104 cm³/mol. The van der Waals surface area contributed by atoms with Crippen LogP contribution in [0, 0.1) is 5.92 Å². The highest BCUT2D eigenvalue weighted by molar-refractivity contribution is 6.35. The van der Waals surface area contributed by atoms with E-state index in [0.717, 1.165) is 38.7 Å². The molecule has 144 valence electrons. The molecule has 1 saturated heterocycles. The minimum atomic E-state index is -0.454. The minimum Gasteiger partial charge on any atom is -0.463 e. The summed E-state index contributed by atoms with van der Waals surface area (Å²) in [5.41, 5.74) is 1.60. The Morgan fingerprint density at radius 3 is 2.52 bits per heavy atom. The van der Waals surface area contributed by atoms with Gasteiger partial charge in [-0.3, -0.25) is 9.69 Å². The van der Waals surface area contributed by atoms with E-state index in [4.69, 9.17) is 9.94 Å². The molecule has 1 aliphatic heterocycles. The molecule has 2 heterocycles. The summed E-state index contributed by atoms with van der Waals surface area (Å²) in [4.78, 5) is 22.0. The van der Waals surface area contributed by atoms with Gasteiger partial charge in [-0.05, 0) is 37.4 Å². The Morgan fingerprint density at radius 2 is 1.89 bits per heavy atom. The highest BCUT2D eigenvalue weighted by Crippen LogP contribution is 2.19. The number of carbonyl (C=O) groups excluding carboxylic acids is 1. The first-order valence-electron chi connectivity index (χ1n) is 8.67. The maximum Gasteiger partial charge on any atom is 0.316 e. The highest BCUT2D eigenvalue weighted by Gasteiger charge is 2.20. The Labute approximate surface area is 164 Å². The van der Waals surface area contributed by atoms with Crippen LogP contribution in [0.2, 0.25) is 0 Å². The van der Waals surface area contributed by atoms with Crippen molar-refractivity contribution in [2.75, 3.05) is 19.7 Å². The number of benzene rings is 1. The van der Waals surface area contributed by atoms with E-state index in [1.54, 1.807) is 0 Å². The zero-order valence-corrected chi connectivity index (χ0v) is 15.7. The molecule has 0 aliphatic carbocycles. The molecule has 8 heteroatoms. The second-order valence-electron chi connectivity index (χ2n) is 6.38. The monoisotopic (exact) mass is 390 g/mol. The fraction of sp³-hybridized carbons (Fsp3) is 0.368. The van der Waals surface area contributed by atoms with Crippen molar-refractivity contribution < 1.29 is 14.7 Å². The van der Waals surface area contributed by atoms with Crippen LogP contribution in [0.15, 0.2) is 47.9 Å². The Balaban J connectivity index is 0.00000261. The molecular formula is C19H23ClN4O3. The summed E-state index contributed by atoms with van der Waals surface area (Å²) in [6.45, 7) is 3.67. The van der Waals surface area contributed by atoms with Gasteiger partial charge in [0.1, 0.15) is 6.21 Å². The summed E-state index contributed by atoms with van der Waals surface area (Å²) in [6, 6.07) is 10.8. The molecule has 0 spiro atoms. The van der Waals surface area contributed by atoms with E-state index >= 15 is 0 Å². The number of piperidine rings is 1. The van der Waals surface area contributed by atoms with E-state index in [-0.39, 0.29) is 24.0 Å². The zero-order chi connectivity index (χ0) is 18.2. The molecule has 3 rings (SSSR count). The van der Waals surface area contributed by atoms with Gasteiger partial charge in [-0.2, -0.15) is 0 Å². The molecule has 0 unspecified atom stereocenters. The first-order valence-corrected chi connectivity index (χ1v) is 8.67. The maximum absolute atomic E-state index is 11.5. The number of nitrogens with zero attached hydrogens (tertiary/aromatic N) is 4. The van der Waals surface area contributed by atoms with Crippen molar-refractivity contribution in [3.8, 4) is 6.01 Å². The molecule has 0 radical (unpaired) electrons. The van der Waals surface area contributed by atoms with Crippen LogP contribution >= 0.6 is 12.4 Å². The number of ketones is 1. The first kappa shape index (κ1) is 20.8. The van der Waals surface area contributed by atoms with Crippen molar-refractivity contribution in [1.29, 1.82) is 0 Å². The normalized spacial score (nSPS) is 15.4. The number of likely N-dealkylation sites (tertiary alicyclic amines) is 1. The quantitative estimate of drug-likeness (QED) is 0.338. The molecule has 1 N–H and O–H groups in total. The standard InChI is InChI=1S/C19H22N4O3.ClH/c24-18(12-22-25)17-10-20-19(21-11-17)26-14-16-6-8-23(9-7-16)13-15-4-2-1-3-5-15;/h1-5,10-12,16,25H,6-9,13-14H2;1H/b22-12+;. The van der Waals surface area contributed by atoms with Crippen LogP contribution in [-0.4, -0.2) is 51.8 Å². The van der Waals surface area contributed by atoms with Crippen molar-refractivity contribution >= 4 is 24.4 Å². The van der Waals surface area contributed by atoms with Gasteiger partial charge in [0.05, 0.1) is 12.2 Å². The van der Waals surface area contributed by atoms with Gasteiger partial charge < -0.3 is 9.94 Å². The van der Waals surface area contributed by atoms with E-state index in [1.165, 1.54) is 18.0 Å². The van der Waals surface area contributed by atoms with Gasteiger partial charge in [0.15, 0.2) is 0 Å². The Morgan fingerprint density at radius 1 is 1.22 bits per heavy atom. The summed E-state index contributed by atoms with van der Waals surface area (Å²) in [6.07, 6.45) is 5.71. The molecule has 0 saturated carbocycles. The van der Waals surface area contributed by atoms with Gasteiger partial charge in [0, 0.05) is 18.9 Å². The van der Waals surface area contributed by atoms with Crippen LogP contribution in [-0.2, 0) is 6.54 Å². The second kappa shape index (κ2) is 10.6. The fourth-order valence-electron chi connectivity index (χ4n) is 2.99. The van der Waals surface area contributed by atoms with Gasteiger partial charge in [-0.25, -0.2) is 9.97 Å². The van der Waals surface area contributed by atoms with E-state index in [0.29, 0.717) is 12.5 Å². The van der Waals surface area contributed by atoms with E-state index in [9.17, 15) is 4.79 Å². The van der Waals surface area contributed by atoms with E-state index in [1.807, 2.05) is 6.07 Å². The van der Waals surface area contributed by atoms with Crippen LogP contribution < -0.4 is 4.74 Å². The summed E-state index contributed by atoms with van der Waals surface area (Å²) in [5, 5.41) is 11.1. The number of hydrogen-bond donors (Lipinski definition) is 1. The number of ether oxygens (including phenoxy) is 1. The summed E-state index contributed by atoms with van der Waals surface area (Å²) in [5.74, 6) is 0.0262. The maximum atomic E-state index is 11.5. The molecule has 1 aliphatic rings. The van der Waals surface area contributed by atoms with Crippen molar-refractivity contribution in [1.82, 2.24) is 14.9 Å². The summed E-state index contributed by atoms with van der Waals surface area (Å²) < 4.78 is 5.66. The van der Waals surface area contributed by atoms with Crippen molar-refractivity contribution in [2.24, 2.45) is 11.1 Å². The first-order chi connectivity index (χ1) is 12.7. The lowest BCUT2D eigenvalue weighted by molar-refractivity contribution is 0.106. The fourth-order valence-corrected chi connectivity index (χ4v) is 2.99. The van der Waals surface area contributed by atoms with Gasteiger partial charge >= 0.3 is 6.01 Å². The van der Waals surface area contributed by atoms with Crippen LogP contribution in [0.25, 0.3) is 0 Å². The lowest BCUT2D eigenvalue weighted by Gasteiger charge is -2.31. The Hall–Kier alpha value is -2.51. The van der Waals surface area contributed by atoms with Crippen LogP contribution in [0.1, 0.15) is 28.8 Å². The van der Waals surface area contributed by atoms with Gasteiger partial charge in [-0.1, -0.05) is 35.5 Å². The van der Waals surface area contributed by atoms with Crippen LogP contribution in [0.4, 0.5) is 0 Å². The largest absolute Gasteiger partial charge is 0.463 e. The van der Waals surface area contributed by atoms with Crippen molar-refractivity contribution in [3.05, 3.63) is 53.9 Å². The Kier molecular flexibility index (Phi) is 8.16. The van der Waals surface area contributed by atoms with Gasteiger partial charge in [0.25, 0.3) is 0 Å². The lowest BCUT2D eigenvalue weighted by Crippen LogP contribution is -2.35. The third kappa shape index (κ3) is 6.30. The van der Waals surface area contributed by atoms with Crippen LogP contribution in [0.3, 0.4) is 0 Å². The number of carbonyl (C=O) groups is 1. The smallest absolute Gasteiger partial charge is 0.316 e. The second-order valence-corrected chi connectivity index (χ2v) is 6.38. The van der Waals surface area contributed by atoms with E-state index < -0.39 is 5.78 Å². The highest BCUT2D eigenvalue weighted by atomic mass is 35.5. The lowest BCUT2D eigenvalue weighted by atomic mass is 9.97. The third-order valence-electron chi connectivity index (χ3n) is 4.49.